The number of methoxy groups -OCH3 is 2. The van der Waals surface area contributed by atoms with Crippen molar-refractivity contribution in [2.75, 3.05) is 14.2 Å². The summed E-state index contributed by atoms with van der Waals surface area (Å²) in [5.74, 6) is -6.55. The number of benzene rings is 2. The standard InChI is InChI=1S/C9H8F2O2.C9H8O3/c1-13-8(12)9(10,11)7-5-3-2-4-6-7;1-12-9(11)8(10)7-5-3-2-4-6-7/h2-6H,1H3;2-6H,1H3. The Morgan fingerprint density at radius 3 is 1.72 bits per heavy atom. The fraction of sp³-hybridized carbons (Fsp3) is 0.167. The van der Waals surface area contributed by atoms with Crippen LogP contribution in [0.5, 0.6) is 0 Å². The number of carbonyl (C=O) groups is 3. The third-order valence-corrected chi connectivity index (χ3v) is 2.98. The Morgan fingerprint density at radius 1 is 0.800 bits per heavy atom. The number of Topliss-reactive ketones (excluding diaryl/α,β-unsaturated/α-hetero) is 1. The molecule has 0 saturated carbocycles. The van der Waals surface area contributed by atoms with E-state index in [1.165, 1.54) is 31.4 Å². The number of esters is 2. The van der Waals surface area contributed by atoms with Gasteiger partial charge in [0.25, 0.3) is 5.78 Å². The van der Waals surface area contributed by atoms with Crippen LogP contribution in [0.4, 0.5) is 8.78 Å². The highest BCUT2D eigenvalue weighted by Crippen LogP contribution is 2.28. The smallest absolute Gasteiger partial charge is 0.381 e. The number of rotatable bonds is 4. The molecule has 132 valence electrons. The van der Waals surface area contributed by atoms with E-state index in [0.29, 0.717) is 5.56 Å². The summed E-state index contributed by atoms with van der Waals surface area (Å²) in [6, 6.07) is 15.1. The minimum absolute atomic E-state index is 0.351. The SMILES string of the molecule is COC(=O)C(=O)c1ccccc1.COC(=O)C(F)(F)c1ccccc1. The minimum atomic E-state index is -3.56. The van der Waals surface area contributed by atoms with Crippen molar-refractivity contribution in [3.8, 4) is 0 Å². The van der Waals surface area contributed by atoms with Gasteiger partial charge >= 0.3 is 17.9 Å². The molecule has 0 heterocycles. The number of hydrogen-bond donors (Lipinski definition) is 0. The van der Waals surface area contributed by atoms with Gasteiger partial charge in [-0.3, -0.25) is 4.79 Å². The second kappa shape index (κ2) is 9.27. The van der Waals surface area contributed by atoms with Gasteiger partial charge in [-0.1, -0.05) is 60.7 Å². The average Bonchev–Trinajstić information content (AvgIpc) is 2.67. The van der Waals surface area contributed by atoms with Gasteiger partial charge in [-0.15, -0.1) is 0 Å². The molecule has 0 radical (unpaired) electrons. The average molecular weight is 350 g/mol. The topological polar surface area (TPSA) is 69.7 Å². The van der Waals surface area contributed by atoms with E-state index in [4.69, 9.17) is 0 Å². The fourth-order valence-corrected chi connectivity index (χ4v) is 1.69. The summed E-state index contributed by atoms with van der Waals surface area (Å²) < 4.78 is 34.4. The molecular formula is C18H16F2O5. The highest BCUT2D eigenvalue weighted by atomic mass is 19.3. The summed E-state index contributed by atoms with van der Waals surface area (Å²) in [4.78, 5) is 32.5. The molecule has 0 fully saturated rings. The first kappa shape index (κ1) is 20.0. The van der Waals surface area contributed by atoms with Gasteiger partial charge in [0.15, 0.2) is 0 Å². The van der Waals surface area contributed by atoms with E-state index >= 15 is 0 Å². The van der Waals surface area contributed by atoms with Gasteiger partial charge in [0, 0.05) is 11.1 Å². The molecule has 0 aliphatic heterocycles. The van der Waals surface area contributed by atoms with Crippen molar-refractivity contribution >= 4 is 17.7 Å². The summed E-state index contributed by atoms with van der Waals surface area (Å²) in [6.07, 6.45) is 0. The molecule has 2 aromatic rings. The van der Waals surface area contributed by atoms with Crippen LogP contribution in [0.1, 0.15) is 15.9 Å². The van der Waals surface area contributed by atoms with E-state index in [-0.39, 0.29) is 5.56 Å². The second-order valence-electron chi connectivity index (χ2n) is 4.62. The zero-order chi connectivity index (χ0) is 18.9. The van der Waals surface area contributed by atoms with Gasteiger partial charge in [-0.25, -0.2) is 9.59 Å². The highest BCUT2D eigenvalue weighted by Gasteiger charge is 2.41. The summed E-state index contributed by atoms with van der Waals surface area (Å²) in [5.41, 5.74) is -0.00815. The van der Waals surface area contributed by atoms with Crippen LogP contribution >= 0.6 is 0 Å². The Hall–Kier alpha value is -3.09. The van der Waals surface area contributed by atoms with Crippen molar-refractivity contribution in [2.45, 2.75) is 5.92 Å². The Labute approximate surface area is 143 Å². The lowest BCUT2D eigenvalue weighted by Crippen LogP contribution is -2.27. The molecule has 0 spiro atoms. The number of ether oxygens (including phenoxy) is 2. The van der Waals surface area contributed by atoms with E-state index < -0.39 is 23.6 Å². The predicted molar refractivity (Wildman–Crippen MR) is 85.1 cm³/mol. The maximum Gasteiger partial charge on any atom is 0.381 e. The molecule has 25 heavy (non-hydrogen) atoms. The van der Waals surface area contributed by atoms with Gasteiger partial charge < -0.3 is 9.47 Å². The zero-order valence-electron chi connectivity index (χ0n) is 13.6. The molecule has 0 unspecified atom stereocenters. The summed E-state index contributed by atoms with van der Waals surface area (Å²) in [7, 11) is 2.11. The normalized spacial score (nSPS) is 10.1. The Balaban J connectivity index is 0.000000251. The number of hydrogen-bond acceptors (Lipinski definition) is 5. The van der Waals surface area contributed by atoms with Crippen molar-refractivity contribution in [1.29, 1.82) is 0 Å². The Kier molecular flexibility index (Phi) is 7.40. The van der Waals surface area contributed by atoms with Crippen LogP contribution in [-0.4, -0.2) is 31.9 Å². The molecule has 0 aliphatic carbocycles. The van der Waals surface area contributed by atoms with E-state index in [0.717, 1.165) is 7.11 Å². The lowest BCUT2D eigenvalue weighted by molar-refractivity contribution is -0.170. The van der Waals surface area contributed by atoms with Crippen LogP contribution < -0.4 is 0 Å². The predicted octanol–water partition coefficient (Wildman–Crippen LogP) is 2.99. The molecule has 0 saturated heterocycles. The van der Waals surface area contributed by atoms with Crippen LogP contribution in [0, 0.1) is 0 Å². The molecule has 7 heteroatoms. The second-order valence-corrected chi connectivity index (χ2v) is 4.62. The molecule has 5 nitrogen and oxygen atoms in total. The monoisotopic (exact) mass is 350 g/mol. The first-order valence-electron chi connectivity index (χ1n) is 7.04. The van der Waals surface area contributed by atoms with E-state index in [9.17, 15) is 23.2 Å². The summed E-state index contributed by atoms with van der Waals surface area (Å²) in [6.45, 7) is 0. The largest absolute Gasteiger partial charge is 0.464 e. The lowest BCUT2D eigenvalue weighted by atomic mass is 10.1. The van der Waals surface area contributed by atoms with Crippen LogP contribution in [0.2, 0.25) is 0 Å². The third-order valence-electron chi connectivity index (χ3n) is 2.98. The molecule has 2 rings (SSSR count). The van der Waals surface area contributed by atoms with Gasteiger partial charge in [-0.2, -0.15) is 8.78 Å². The van der Waals surface area contributed by atoms with E-state index in [2.05, 4.69) is 9.47 Å². The Bertz CT molecular complexity index is 715. The van der Waals surface area contributed by atoms with E-state index in [1.54, 1.807) is 36.4 Å². The van der Waals surface area contributed by atoms with Crippen LogP contribution in [-0.2, 0) is 25.0 Å². The van der Waals surface area contributed by atoms with Crippen molar-refractivity contribution in [1.82, 2.24) is 0 Å². The fourth-order valence-electron chi connectivity index (χ4n) is 1.69. The van der Waals surface area contributed by atoms with Crippen molar-refractivity contribution in [3.05, 3.63) is 71.8 Å². The molecule has 0 atom stereocenters. The number of carbonyl (C=O) groups excluding carboxylic acids is 3. The quantitative estimate of drug-likeness (QED) is 0.482. The van der Waals surface area contributed by atoms with Crippen molar-refractivity contribution in [2.24, 2.45) is 0 Å². The summed E-state index contributed by atoms with van der Waals surface area (Å²) >= 11 is 0. The van der Waals surface area contributed by atoms with E-state index in [1.807, 2.05) is 0 Å². The molecule has 0 bridgehead atoms. The molecule has 0 amide bonds. The third kappa shape index (κ3) is 5.49. The van der Waals surface area contributed by atoms with Crippen LogP contribution in [0.25, 0.3) is 0 Å². The van der Waals surface area contributed by atoms with Crippen LogP contribution in [0.15, 0.2) is 60.7 Å². The number of alkyl halides is 2. The zero-order valence-corrected chi connectivity index (χ0v) is 13.6. The first-order valence-corrected chi connectivity index (χ1v) is 7.04. The molecular weight excluding hydrogens is 334 g/mol. The van der Waals surface area contributed by atoms with Gasteiger partial charge in [-0.05, 0) is 0 Å². The molecule has 2 aromatic carbocycles. The first-order chi connectivity index (χ1) is 11.8. The molecule has 0 N–H and O–H groups in total. The van der Waals surface area contributed by atoms with Gasteiger partial charge in [0.2, 0.25) is 0 Å². The number of ketones is 1. The van der Waals surface area contributed by atoms with Crippen LogP contribution in [0.3, 0.4) is 0 Å². The maximum absolute atomic E-state index is 13.1. The molecule has 0 aromatic heterocycles. The minimum Gasteiger partial charge on any atom is -0.464 e. The maximum atomic E-state index is 13.1. The van der Waals surface area contributed by atoms with Gasteiger partial charge in [0.1, 0.15) is 0 Å². The summed E-state index contributed by atoms with van der Waals surface area (Å²) in [5, 5.41) is 0. The lowest BCUT2D eigenvalue weighted by Gasteiger charge is -2.12. The van der Waals surface area contributed by atoms with Gasteiger partial charge in [0.05, 0.1) is 14.2 Å². The number of halogens is 2. The Morgan fingerprint density at radius 2 is 1.28 bits per heavy atom. The van der Waals surface area contributed by atoms with Crippen molar-refractivity contribution in [3.63, 3.8) is 0 Å². The van der Waals surface area contributed by atoms with Crippen molar-refractivity contribution < 1.29 is 32.6 Å². The molecule has 0 aliphatic rings. The highest BCUT2D eigenvalue weighted by molar-refractivity contribution is 6.40.